The van der Waals surface area contributed by atoms with E-state index in [1.54, 1.807) is 36.4 Å². The molecular weight excluding hydrogens is 424 g/mol. The van der Waals surface area contributed by atoms with Crippen molar-refractivity contribution < 1.29 is 14.7 Å². The molecule has 9 heteroatoms. The Morgan fingerprint density at radius 1 is 1.13 bits per heavy atom. The van der Waals surface area contributed by atoms with E-state index in [2.05, 4.69) is 15.6 Å². The van der Waals surface area contributed by atoms with Gasteiger partial charge in [0.25, 0.3) is 11.8 Å². The molecule has 160 valence electrons. The second kappa shape index (κ2) is 10.6. The van der Waals surface area contributed by atoms with Gasteiger partial charge in [-0.1, -0.05) is 23.7 Å². The van der Waals surface area contributed by atoms with Crippen molar-refractivity contribution >= 4 is 40.7 Å². The van der Waals surface area contributed by atoms with Gasteiger partial charge in [-0.15, -0.1) is 11.3 Å². The van der Waals surface area contributed by atoms with E-state index in [1.165, 1.54) is 16.2 Å². The number of benzene rings is 1. The van der Waals surface area contributed by atoms with Crippen LogP contribution in [0.1, 0.15) is 51.5 Å². The number of carbonyl (C=O) groups is 2. The van der Waals surface area contributed by atoms with Gasteiger partial charge >= 0.3 is 0 Å². The Kier molecular flexibility index (Phi) is 7.84. The van der Waals surface area contributed by atoms with Crippen molar-refractivity contribution in [1.29, 1.82) is 0 Å². The summed E-state index contributed by atoms with van der Waals surface area (Å²) in [6, 6.07) is 10.5. The standard InChI is InChI=1S/C21H25ClN4O3S/c1-2-23-21(25-13-16(27)17-9-10-18(22)30-17)24-11-5-6-12-26-19(28)14-7-3-4-8-15(14)20(26)29/h3-4,7-10,16,27H,2,5-6,11-13H2,1H3,(H2,23,24,25). The van der Waals surface area contributed by atoms with E-state index in [9.17, 15) is 14.7 Å². The number of nitrogens with one attached hydrogen (secondary N) is 2. The molecule has 1 aromatic heterocycles. The first-order valence-electron chi connectivity index (χ1n) is 9.92. The third kappa shape index (κ3) is 5.38. The van der Waals surface area contributed by atoms with Crippen LogP contribution >= 0.6 is 22.9 Å². The van der Waals surface area contributed by atoms with Crippen molar-refractivity contribution in [2.75, 3.05) is 26.2 Å². The van der Waals surface area contributed by atoms with Crippen LogP contribution in [-0.4, -0.2) is 54.0 Å². The third-order valence-electron chi connectivity index (χ3n) is 4.67. The number of carbonyl (C=O) groups excluding carboxylic acids is 2. The second-order valence-corrected chi connectivity index (χ2v) is 8.57. The molecule has 1 unspecified atom stereocenters. The number of imide groups is 1. The highest BCUT2D eigenvalue weighted by atomic mass is 35.5. The first kappa shape index (κ1) is 22.3. The van der Waals surface area contributed by atoms with Crippen molar-refractivity contribution in [1.82, 2.24) is 15.5 Å². The number of aliphatic hydroxyl groups is 1. The molecule has 7 nitrogen and oxygen atoms in total. The van der Waals surface area contributed by atoms with Gasteiger partial charge in [0.05, 0.1) is 22.0 Å². The minimum atomic E-state index is -0.702. The molecule has 2 heterocycles. The number of rotatable bonds is 9. The number of fused-ring (bicyclic) bond motifs is 1. The minimum Gasteiger partial charge on any atom is -0.386 e. The lowest BCUT2D eigenvalue weighted by molar-refractivity contribution is 0.0652. The topological polar surface area (TPSA) is 94.0 Å². The number of hydrogen-bond acceptors (Lipinski definition) is 5. The molecular formula is C21H25ClN4O3S. The van der Waals surface area contributed by atoms with Gasteiger partial charge in [0.1, 0.15) is 6.10 Å². The normalized spacial score (nSPS) is 14.8. The predicted molar refractivity (Wildman–Crippen MR) is 119 cm³/mol. The zero-order chi connectivity index (χ0) is 21.5. The smallest absolute Gasteiger partial charge is 0.261 e. The van der Waals surface area contributed by atoms with Gasteiger partial charge in [-0.2, -0.15) is 0 Å². The SMILES string of the molecule is CCNC(=NCC(O)c1ccc(Cl)s1)NCCCCN1C(=O)c2ccccc2C1=O. The van der Waals surface area contributed by atoms with Crippen molar-refractivity contribution in [3.8, 4) is 0 Å². The van der Waals surface area contributed by atoms with Gasteiger partial charge in [0.15, 0.2) is 5.96 Å². The number of halogens is 1. The van der Waals surface area contributed by atoms with E-state index >= 15 is 0 Å². The molecule has 2 aromatic rings. The van der Waals surface area contributed by atoms with Crippen molar-refractivity contribution in [3.05, 3.63) is 56.7 Å². The zero-order valence-electron chi connectivity index (χ0n) is 16.7. The van der Waals surface area contributed by atoms with Crippen molar-refractivity contribution in [3.63, 3.8) is 0 Å². The molecule has 1 atom stereocenters. The molecule has 3 N–H and O–H groups in total. The number of unbranched alkanes of at least 4 members (excludes halogenated alkanes) is 1. The van der Waals surface area contributed by atoms with Crippen molar-refractivity contribution in [2.24, 2.45) is 4.99 Å². The summed E-state index contributed by atoms with van der Waals surface area (Å²) in [4.78, 5) is 31.2. The van der Waals surface area contributed by atoms with E-state index in [0.29, 0.717) is 47.5 Å². The molecule has 0 radical (unpaired) electrons. The van der Waals surface area contributed by atoms with Crippen LogP contribution < -0.4 is 10.6 Å². The average molecular weight is 449 g/mol. The van der Waals surface area contributed by atoms with Crippen LogP contribution in [0.2, 0.25) is 4.34 Å². The van der Waals surface area contributed by atoms with Gasteiger partial charge in [-0.3, -0.25) is 19.5 Å². The summed E-state index contributed by atoms with van der Waals surface area (Å²) in [7, 11) is 0. The number of nitrogens with zero attached hydrogens (tertiary/aromatic N) is 2. The molecule has 0 fully saturated rings. The number of aliphatic hydroxyl groups excluding tert-OH is 1. The maximum atomic E-state index is 12.4. The fraction of sp³-hybridized carbons (Fsp3) is 0.381. The van der Waals surface area contributed by atoms with E-state index in [0.717, 1.165) is 11.3 Å². The Hall–Kier alpha value is -2.42. The quantitative estimate of drug-likeness (QED) is 0.237. The zero-order valence-corrected chi connectivity index (χ0v) is 18.3. The molecule has 30 heavy (non-hydrogen) atoms. The maximum absolute atomic E-state index is 12.4. The summed E-state index contributed by atoms with van der Waals surface area (Å²) < 4.78 is 0.635. The Balaban J connectivity index is 1.43. The van der Waals surface area contributed by atoms with Crippen LogP contribution in [0.25, 0.3) is 0 Å². The second-order valence-electron chi connectivity index (χ2n) is 6.82. The van der Waals surface area contributed by atoms with Crippen molar-refractivity contribution in [2.45, 2.75) is 25.9 Å². The van der Waals surface area contributed by atoms with Crippen LogP contribution in [0.5, 0.6) is 0 Å². The lowest BCUT2D eigenvalue weighted by atomic mass is 10.1. The van der Waals surface area contributed by atoms with Gasteiger partial charge in [0.2, 0.25) is 0 Å². The fourth-order valence-corrected chi connectivity index (χ4v) is 4.20. The monoisotopic (exact) mass is 448 g/mol. The molecule has 1 aromatic carbocycles. The van der Waals surface area contributed by atoms with Crippen LogP contribution in [0.15, 0.2) is 41.4 Å². The molecule has 0 saturated heterocycles. The van der Waals surface area contributed by atoms with E-state index in [1.807, 2.05) is 6.92 Å². The van der Waals surface area contributed by atoms with E-state index in [-0.39, 0.29) is 18.4 Å². The third-order valence-corrected chi connectivity index (χ3v) is 6.00. The largest absolute Gasteiger partial charge is 0.386 e. The predicted octanol–water partition coefficient (Wildman–Crippen LogP) is 3.07. The van der Waals surface area contributed by atoms with Gasteiger partial charge in [-0.05, 0) is 44.0 Å². The molecule has 2 amide bonds. The first-order valence-corrected chi connectivity index (χ1v) is 11.1. The lowest BCUT2D eigenvalue weighted by Gasteiger charge is -2.15. The molecule has 0 aliphatic carbocycles. The summed E-state index contributed by atoms with van der Waals surface area (Å²) in [6.07, 6.45) is 0.751. The Bertz CT molecular complexity index is 895. The lowest BCUT2D eigenvalue weighted by Crippen LogP contribution is -2.38. The molecule has 1 aliphatic heterocycles. The first-order chi connectivity index (χ1) is 14.5. The summed E-state index contributed by atoms with van der Waals surface area (Å²) in [6.45, 7) is 3.91. The van der Waals surface area contributed by atoms with Gasteiger partial charge in [0, 0.05) is 24.5 Å². The number of thiophene rings is 1. The van der Waals surface area contributed by atoms with Crippen LogP contribution in [0.4, 0.5) is 0 Å². The van der Waals surface area contributed by atoms with Crippen LogP contribution in [0.3, 0.4) is 0 Å². The summed E-state index contributed by atoms with van der Waals surface area (Å²) in [5.41, 5.74) is 0.959. The van der Waals surface area contributed by atoms with E-state index < -0.39 is 6.10 Å². The maximum Gasteiger partial charge on any atom is 0.261 e. The minimum absolute atomic E-state index is 0.221. The molecule has 3 rings (SSSR count). The Morgan fingerprint density at radius 2 is 1.83 bits per heavy atom. The Morgan fingerprint density at radius 3 is 2.43 bits per heavy atom. The highest BCUT2D eigenvalue weighted by Gasteiger charge is 2.34. The van der Waals surface area contributed by atoms with Gasteiger partial charge in [-0.25, -0.2) is 0 Å². The average Bonchev–Trinajstić information content (AvgIpc) is 3.28. The number of guanidine groups is 1. The van der Waals surface area contributed by atoms with Gasteiger partial charge < -0.3 is 15.7 Å². The summed E-state index contributed by atoms with van der Waals surface area (Å²) in [5, 5.41) is 16.6. The van der Waals surface area contributed by atoms with Crippen LogP contribution in [0, 0.1) is 0 Å². The Labute approximate surface area is 184 Å². The fourth-order valence-electron chi connectivity index (χ4n) is 3.16. The highest BCUT2D eigenvalue weighted by Crippen LogP contribution is 2.27. The number of aliphatic imine (C=N–C) groups is 1. The molecule has 1 aliphatic rings. The molecule has 0 saturated carbocycles. The molecule has 0 bridgehead atoms. The summed E-state index contributed by atoms with van der Waals surface area (Å²) in [5.74, 6) is 0.169. The molecule has 0 spiro atoms. The van der Waals surface area contributed by atoms with Crippen LogP contribution in [-0.2, 0) is 0 Å². The summed E-state index contributed by atoms with van der Waals surface area (Å²) >= 11 is 7.25. The van der Waals surface area contributed by atoms with E-state index in [4.69, 9.17) is 11.6 Å². The number of amides is 2. The highest BCUT2D eigenvalue weighted by molar-refractivity contribution is 7.16. The number of hydrogen-bond donors (Lipinski definition) is 3.